The molecule has 0 bridgehead atoms. The first-order valence-electron chi connectivity index (χ1n) is 4.91. The molecule has 15 heavy (non-hydrogen) atoms. The van der Waals surface area contributed by atoms with E-state index >= 15 is 0 Å². The van der Waals surface area contributed by atoms with Crippen LogP contribution in [0.15, 0.2) is 30.3 Å². The van der Waals surface area contributed by atoms with Crippen molar-refractivity contribution in [2.24, 2.45) is 0 Å². The second-order valence-electron chi connectivity index (χ2n) is 3.76. The molecule has 4 heteroatoms. The highest BCUT2D eigenvalue weighted by molar-refractivity contribution is 5.65. The summed E-state index contributed by atoms with van der Waals surface area (Å²) in [7, 11) is 0. The van der Waals surface area contributed by atoms with Crippen LogP contribution < -0.4 is 0 Å². The van der Waals surface area contributed by atoms with E-state index in [1.165, 1.54) is 0 Å². The number of aliphatic hydroxyl groups is 1. The van der Waals surface area contributed by atoms with Gasteiger partial charge in [-0.15, -0.1) is 0 Å². The first kappa shape index (κ1) is 9.98. The molecule has 1 saturated heterocycles. The number of nitrogens with zero attached hydrogens (tertiary/aromatic N) is 1. The summed E-state index contributed by atoms with van der Waals surface area (Å²) in [6.07, 6.45) is -1.44. The highest BCUT2D eigenvalue weighted by atomic mass is 16.4. The van der Waals surface area contributed by atoms with Gasteiger partial charge in [-0.25, -0.2) is 4.79 Å². The van der Waals surface area contributed by atoms with Gasteiger partial charge in [-0.1, -0.05) is 30.3 Å². The molecule has 2 rings (SSSR count). The Kier molecular flexibility index (Phi) is 2.60. The van der Waals surface area contributed by atoms with Gasteiger partial charge in [0.2, 0.25) is 0 Å². The molecule has 1 heterocycles. The lowest BCUT2D eigenvalue weighted by atomic mass is 9.98. The zero-order chi connectivity index (χ0) is 10.8. The Labute approximate surface area is 87.8 Å². The number of carboxylic acid groups (broad SMARTS) is 1. The fourth-order valence-corrected chi connectivity index (χ4v) is 1.99. The van der Waals surface area contributed by atoms with Crippen molar-refractivity contribution in [3.63, 3.8) is 0 Å². The summed E-state index contributed by atoms with van der Waals surface area (Å²) in [5, 5.41) is 18.4. The van der Waals surface area contributed by atoms with Gasteiger partial charge in [0.25, 0.3) is 0 Å². The van der Waals surface area contributed by atoms with Gasteiger partial charge in [-0.05, 0) is 5.56 Å². The summed E-state index contributed by atoms with van der Waals surface area (Å²) >= 11 is 0. The number of benzene rings is 1. The van der Waals surface area contributed by atoms with Crippen LogP contribution in [0.4, 0.5) is 4.79 Å². The maximum Gasteiger partial charge on any atom is 0.409 e. The van der Waals surface area contributed by atoms with Gasteiger partial charge in [-0.2, -0.15) is 0 Å². The van der Waals surface area contributed by atoms with Crippen molar-refractivity contribution in [1.82, 2.24) is 4.90 Å². The Bertz CT molecular complexity index is 352. The van der Waals surface area contributed by atoms with Crippen LogP contribution in [0.25, 0.3) is 0 Å². The number of hydrogen-bond donors (Lipinski definition) is 2. The van der Waals surface area contributed by atoms with Crippen LogP contribution in [0.5, 0.6) is 0 Å². The average molecular weight is 207 g/mol. The number of amides is 1. The number of carbonyl (C=O) groups is 1. The van der Waals surface area contributed by atoms with Crippen molar-refractivity contribution >= 4 is 6.09 Å². The molecule has 0 radical (unpaired) electrons. The Morgan fingerprint density at radius 2 is 2.00 bits per heavy atom. The highest BCUT2D eigenvalue weighted by Gasteiger charge is 2.34. The highest BCUT2D eigenvalue weighted by Crippen LogP contribution is 2.30. The van der Waals surface area contributed by atoms with E-state index in [1.807, 2.05) is 30.3 Å². The van der Waals surface area contributed by atoms with Crippen LogP contribution in [-0.2, 0) is 0 Å². The van der Waals surface area contributed by atoms with E-state index in [1.54, 1.807) is 0 Å². The van der Waals surface area contributed by atoms with Crippen molar-refractivity contribution in [1.29, 1.82) is 0 Å². The van der Waals surface area contributed by atoms with E-state index in [-0.39, 0.29) is 5.92 Å². The molecule has 2 N–H and O–H groups in total. The summed E-state index contributed by atoms with van der Waals surface area (Å²) in [4.78, 5) is 11.8. The minimum Gasteiger partial charge on any atom is -0.465 e. The largest absolute Gasteiger partial charge is 0.465 e. The molecule has 0 spiro atoms. The van der Waals surface area contributed by atoms with Crippen LogP contribution in [0, 0.1) is 0 Å². The predicted molar refractivity (Wildman–Crippen MR) is 54.5 cm³/mol. The molecule has 0 saturated carbocycles. The maximum absolute atomic E-state index is 10.8. The van der Waals surface area contributed by atoms with Crippen LogP contribution in [-0.4, -0.2) is 34.0 Å². The smallest absolute Gasteiger partial charge is 0.409 e. The summed E-state index contributed by atoms with van der Waals surface area (Å²) < 4.78 is 0. The van der Waals surface area contributed by atoms with Crippen molar-refractivity contribution in [2.45, 2.75) is 18.6 Å². The normalized spacial score (nSPS) is 25.5. The third-order valence-electron chi connectivity index (χ3n) is 2.79. The molecule has 0 aromatic heterocycles. The average Bonchev–Trinajstić information content (AvgIpc) is 2.62. The molecule has 1 aliphatic rings. The second-order valence-corrected chi connectivity index (χ2v) is 3.76. The molecule has 0 aliphatic carbocycles. The van der Waals surface area contributed by atoms with E-state index in [9.17, 15) is 9.90 Å². The van der Waals surface area contributed by atoms with Gasteiger partial charge in [0.15, 0.2) is 0 Å². The van der Waals surface area contributed by atoms with Crippen molar-refractivity contribution in [3.05, 3.63) is 35.9 Å². The standard InChI is InChI=1S/C11H13NO3/c13-10-6-9(7-12(10)11(14)15)8-4-2-1-3-5-8/h1-5,9-10,13H,6-7H2,(H,14,15). The Hall–Kier alpha value is -1.55. The summed E-state index contributed by atoms with van der Waals surface area (Å²) in [6, 6.07) is 9.69. The minimum absolute atomic E-state index is 0.109. The van der Waals surface area contributed by atoms with E-state index < -0.39 is 12.3 Å². The summed E-state index contributed by atoms with van der Waals surface area (Å²) in [6.45, 7) is 0.376. The lowest BCUT2D eigenvalue weighted by Gasteiger charge is -2.15. The zero-order valence-corrected chi connectivity index (χ0v) is 8.21. The summed E-state index contributed by atoms with van der Waals surface area (Å²) in [5.41, 5.74) is 1.08. The molecule has 1 fully saturated rings. The molecule has 1 aromatic carbocycles. The van der Waals surface area contributed by atoms with Gasteiger partial charge in [0.05, 0.1) is 0 Å². The first-order valence-corrected chi connectivity index (χ1v) is 4.91. The van der Waals surface area contributed by atoms with Gasteiger partial charge < -0.3 is 10.2 Å². The third kappa shape index (κ3) is 1.94. The molecular weight excluding hydrogens is 194 g/mol. The van der Waals surface area contributed by atoms with E-state index in [4.69, 9.17) is 5.11 Å². The Balaban J connectivity index is 2.13. The second kappa shape index (κ2) is 3.90. The molecule has 1 amide bonds. The van der Waals surface area contributed by atoms with E-state index in [2.05, 4.69) is 0 Å². The number of likely N-dealkylation sites (tertiary alicyclic amines) is 1. The molecule has 1 aromatic rings. The lowest BCUT2D eigenvalue weighted by molar-refractivity contribution is 0.0408. The third-order valence-corrected chi connectivity index (χ3v) is 2.79. The van der Waals surface area contributed by atoms with Gasteiger partial charge in [0, 0.05) is 18.9 Å². The van der Waals surface area contributed by atoms with Crippen molar-refractivity contribution in [2.75, 3.05) is 6.54 Å². The molecule has 80 valence electrons. The fraction of sp³-hybridized carbons (Fsp3) is 0.364. The molecule has 1 aliphatic heterocycles. The van der Waals surface area contributed by atoms with Gasteiger partial charge >= 0.3 is 6.09 Å². The quantitative estimate of drug-likeness (QED) is 0.733. The number of aliphatic hydroxyl groups excluding tert-OH is 1. The number of rotatable bonds is 1. The summed E-state index contributed by atoms with van der Waals surface area (Å²) in [5.74, 6) is 0.109. The van der Waals surface area contributed by atoms with E-state index in [0.29, 0.717) is 13.0 Å². The predicted octanol–water partition coefficient (Wildman–Crippen LogP) is 1.47. The SMILES string of the molecule is O=C(O)N1CC(c2ccccc2)CC1O. The minimum atomic E-state index is -1.05. The van der Waals surface area contributed by atoms with Crippen LogP contribution in [0.3, 0.4) is 0 Å². The monoisotopic (exact) mass is 207 g/mol. The van der Waals surface area contributed by atoms with Crippen molar-refractivity contribution < 1.29 is 15.0 Å². The Morgan fingerprint density at radius 1 is 1.33 bits per heavy atom. The number of hydrogen-bond acceptors (Lipinski definition) is 2. The topological polar surface area (TPSA) is 60.8 Å². The lowest BCUT2D eigenvalue weighted by Crippen LogP contribution is -2.33. The Morgan fingerprint density at radius 3 is 2.53 bits per heavy atom. The molecule has 2 unspecified atom stereocenters. The van der Waals surface area contributed by atoms with Crippen LogP contribution >= 0.6 is 0 Å². The van der Waals surface area contributed by atoms with Gasteiger partial charge in [0.1, 0.15) is 6.23 Å². The van der Waals surface area contributed by atoms with Crippen LogP contribution in [0.2, 0.25) is 0 Å². The van der Waals surface area contributed by atoms with Crippen molar-refractivity contribution in [3.8, 4) is 0 Å². The van der Waals surface area contributed by atoms with Crippen LogP contribution in [0.1, 0.15) is 17.9 Å². The van der Waals surface area contributed by atoms with E-state index in [0.717, 1.165) is 10.5 Å². The zero-order valence-electron chi connectivity index (χ0n) is 8.21. The fourth-order valence-electron chi connectivity index (χ4n) is 1.99. The molecule has 2 atom stereocenters. The first-order chi connectivity index (χ1) is 7.18. The molecular formula is C11H13NO3. The maximum atomic E-state index is 10.8. The van der Waals surface area contributed by atoms with Gasteiger partial charge in [-0.3, -0.25) is 4.90 Å². The molecule has 4 nitrogen and oxygen atoms in total.